The summed E-state index contributed by atoms with van der Waals surface area (Å²) >= 11 is 0. The van der Waals surface area contributed by atoms with Crippen LogP contribution in [0.25, 0.3) is 0 Å². The largest absolute Gasteiger partial charge is 0.418 e. The van der Waals surface area contributed by atoms with Crippen molar-refractivity contribution in [2.75, 3.05) is 26.2 Å². The Bertz CT molecular complexity index is 664. The van der Waals surface area contributed by atoms with Crippen LogP contribution < -0.4 is 5.32 Å². The Labute approximate surface area is 159 Å². The van der Waals surface area contributed by atoms with Gasteiger partial charge in [-0.15, -0.1) is 4.28 Å². The molecule has 10 nitrogen and oxygen atoms in total. The summed E-state index contributed by atoms with van der Waals surface area (Å²) in [6.07, 6.45) is 4.99. The summed E-state index contributed by atoms with van der Waals surface area (Å²) in [6, 6.07) is -1.73. The third-order valence-corrected chi connectivity index (χ3v) is 5.91. The molecule has 2 atom stereocenters. The molecule has 3 rings (SSSR count). The Morgan fingerprint density at radius 2 is 1.96 bits per heavy atom. The third kappa shape index (κ3) is 4.89. The predicted molar refractivity (Wildman–Crippen MR) is 95.9 cm³/mol. The zero-order valence-electron chi connectivity index (χ0n) is 15.5. The van der Waals surface area contributed by atoms with Crippen molar-refractivity contribution in [3.8, 4) is 0 Å². The normalized spacial score (nSPS) is 27.3. The van der Waals surface area contributed by atoms with Gasteiger partial charge in [-0.25, -0.2) is 4.79 Å². The van der Waals surface area contributed by atoms with Gasteiger partial charge < -0.3 is 15.1 Å². The Morgan fingerprint density at radius 3 is 2.59 bits per heavy atom. The average Bonchev–Trinajstić information content (AvgIpc) is 2.84. The number of piperidine rings is 2. The molecule has 0 saturated carbocycles. The third-order valence-electron chi connectivity index (χ3n) is 5.56. The van der Waals surface area contributed by atoms with E-state index in [0.29, 0.717) is 17.9 Å². The van der Waals surface area contributed by atoms with Crippen LogP contribution in [-0.2, 0) is 19.5 Å². The molecule has 2 N–H and O–H groups in total. The zero-order chi connectivity index (χ0) is 19.6. The average molecular weight is 404 g/mol. The van der Waals surface area contributed by atoms with Crippen molar-refractivity contribution >= 4 is 22.3 Å². The van der Waals surface area contributed by atoms with E-state index in [0.717, 1.165) is 32.5 Å². The standard InChI is InChI=1S/C16H28N4O6S/c1-2-3-8-18-9-6-12(7-10-18)17-15(21)14-5-4-13-11-19(14)16(22)20(13)26-27(23,24)25/h12-14H,2-11H2,1H3,(H,17,21)(H,23,24,25)/t13-,14+/m1/s1. The number of carbonyl (C=O) groups excluding carboxylic acids is 2. The first kappa shape index (κ1) is 20.3. The van der Waals surface area contributed by atoms with Crippen molar-refractivity contribution in [2.45, 2.75) is 63.6 Å². The Hall–Kier alpha value is -1.43. The lowest BCUT2D eigenvalue weighted by atomic mass is 9.98. The van der Waals surface area contributed by atoms with Crippen molar-refractivity contribution in [3.63, 3.8) is 0 Å². The van der Waals surface area contributed by atoms with Gasteiger partial charge in [0.25, 0.3) is 0 Å². The van der Waals surface area contributed by atoms with Crippen molar-refractivity contribution in [3.05, 3.63) is 0 Å². The number of unbranched alkanes of at least 4 members (excludes halogenated alkanes) is 1. The summed E-state index contributed by atoms with van der Waals surface area (Å²) in [4.78, 5) is 28.8. The molecule has 0 aliphatic carbocycles. The highest BCUT2D eigenvalue weighted by atomic mass is 32.3. The number of carbonyl (C=O) groups is 2. The summed E-state index contributed by atoms with van der Waals surface area (Å²) in [5.74, 6) is -0.206. The number of nitrogens with one attached hydrogen (secondary N) is 1. The van der Waals surface area contributed by atoms with Gasteiger partial charge in [0.1, 0.15) is 6.04 Å². The van der Waals surface area contributed by atoms with E-state index in [-0.39, 0.29) is 18.5 Å². The minimum Gasteiger partial charge on any atom is -0.351 e. The predicted octanol–water partition coefficient (Wildman–Crippen LogP) is 0.370. The van der Waals surface area contributed by atoms with Gasteiger partial charge in [0, 0.05) is 25.7 Å². The molecule has 0 radical (unpaired) electrons. The van der Waals surface area contributed by atoms with E-state index < -0.39 is 28.5 Å². The minimum absolute atomic E-state index is 0.0935. The maximum Gasteiger partial charge on any atom is 0.418 e. The van der Waals surface area contributed by atoms with E-state index in [2.05, 4.69) is 21.4 Å². The zero-order valence-corrected chi connectivity index (χ0v) is 16.4. The molecule has 3 aliphatic heterocycles. The summed E-state index contributed by atoms with van der Waals surface area (Å²) in [5.41, 5.74) is 0. The fraction of sp³-hybridized carbons (Fsp3) is 0.875. The lowest BCUT2D eigenvalue weighted by Crippen LogP contribution is -2.53. The molecular weight excluding hydrogens is 376 g/mol. The monoisotopic (exact) mass is 404 g/mol. The molecule has 3 aliphatic rings. The van der Waals surface area contributed by atoms with Crippen LogP contribution in [0.2, 0.25) is 0 Å². The molecule has 0 unspecified atom stereocenters. The molecule has 3 heterocycles. The molecular formula is C16H28N4O6S. The van der Waals surface area contributed by atoms with Crippen LogP contribution in [0.15, 0.2) is 0 Å². The second-order valence-electron chi connectivity index (χ2n) is 7.49. The van der Waals surface area contributed by atoms with Gasteiger partial charge >= 0.3 is 16.4 Å². The molecule has 154 valence electrons. The number of likely N-dealkylation sites (tertiary alicyclic amines) is 1. The molecule has 3 saturated heterocycles. The summed E-state index contributed by atoms with van der Waals surface area (Å²) in [5, 5.41) is 3.71. The van der Waals surface area contributed by atoms with Crippen LogP contribution in [-0.4, -0.2) is 84.1 Å². The first-order valence-electron chi connectivity index (χ1n) is 9.58. The minimum atomic E-state index is -4.78. The molecule has 0 aromatic rings. The smallest absolute Gasteiger partial charge is 0.351 e. The van der Waals surface area contributed by atoms with Gasteiger partial charge in [-0.2, -0.15) is 13.5 Å². The Kier molecular flexibility index (Phi) is 6.24. The summed E-state index contributed by atoms with van der Waals surface area (Å²) < 4.78 is 35.1. The first-order valence-corrected chi connectivity index (χ1v) is 10.9. The molecule has 27 heavy (non-hydrogen) atoms. The van der Waals surface area contributed by atoms with E-state index in [1.54, 1.807) is 0 Å². The van der Waals surface area contributed by atoms with E-state index >= 15 is 0 Å². The van der Waals surface area contributed by atoms with E-state index in [4.69, 9.17) is 4.55 Å². The maximum absolute atomic E-state index is 12.7. The summed E-state index contributed by atoms with van der Waals surface area (Å²) in [6.45, 7) is 5.38. The number of fused-ring (bicyclic) bond motifs is 2. The number of urea groups is 1. The fourth-order valence-corrected chi connectivity index (χ4v) is 4.47. The van der Waals surface area contributed by atoms with Crippen LogP contribution >= 0.6 is 0 Å². The van der Waals surface area contributed by atoms with Gasteiger partial charge in [-0.3, -0.25) is 9.35 Å². The second-order valence-corrected chi connectivity index (χ2v) is 8.49. The van der Waals surface area contributed by atoms with Crippen LogP contribution in [0.4, 0.5) is 4.79 Å². The number of hydroxylamine groups is 2. The van der Waals surface area contributed by atoms with E-state index in [1.165, 1.54) is 17.7 Å². The Morgan fingerprint density at radius 1 is 1.26 bits per heavy atom. The number of hydrogen-bond donors (Lipinski definition) is 2. The topological polar surface area (TPSA) is 119 Å². The summed E-state index contributed by atoms with van der Waals surface area (Å²) in [7, 11) is -4.78. The highest BCUT2D eigenvalue weighted by Crippen LogP contribution is 2.31. The maximum atomic E-state index is 12.7. The van der Waals surface area contributed by atoms with Crippen molar-refractivity contribution < 1.29 is 26.8 Å². The molecule has 3 fully saturated rings. The fourth-order valence-electron chi connectivity index (χ4n) is 4.08. The highest BCUT2D eigenvalue weighted by molar-refractivity contribution is 7.80. The SMILES string of the molecule is CCCCN1CCC(NC(=O)[C@@H]2CC[C@@H]3CN2C(=O)N3OS(=O)(=O)O)CC1. The number of nitrogens with zero attached hydrogens (tertiary/aromatic N) is 3. The van der Waals surface area contributed by atoms with E-state index in [1.807, 2.05) is 0 Å². The van der Waals surface area contributed by atoms with Gasteiger partial charge in [0.2, 0.25) is 5.91 Å². The number of hydrogen-bond acceptors (Lipinski definition) is 6. The van der Waals surface area contributed by atoms with Crippen LogP contribution in [0.3, 0.4) is 0 Å². The van der Waals surface area contributed by atoms with Gasteiger partial charge in [-0.1, -0.05) is 13.3 Å². The van der Waals surface area contributed by atoms with Crippen LogP contribution in [0.5, 0.6) is 0 Å². The van der Waals surface area contributed by atoms with Crippen LogP contribution in [0, 0.1) is 0 Å². The number of amides is 3. The van der Waals surface area contributed by atoms with Gasteiger partial charge in [0.05, 0.1) is 6.04 Å². The molecule has 2 bridgehead atoms. The molecule has 11 heteroatoms. The molecule has 3 amide bonds. The van der Waals surface area contributed by atoms with Gasteiger partial charge in [0.15, 0.2) is 0 Å². The number of rotatable bonds is 7. The van der Waals surface area contributed by atoms with Gasteiger partial charge in [-0.05, 0) is 38.6 Å². The Balaban J connectivity index is 1.52. The molecule has 0 aromatic heterocycles. The van der Waals surface area contributed by atoms with E-state index in [9.17, 15) is 18.0 Å². The first-order chi connectivity index (χ1) is 12.8. The lowest BCUT2D eigenvalue weighted by molar-refractivity contribution is -0.127. The quantitative estimate of drug-likeness (QED) is 0.588. The van der Waals surface area contributed by atoms with Crippen LogP contribution in [0.1, 0.15) is 45.4 Å². The molecule has 0 spiro atoms. The second kappa shape index (κ2) is 8.29. The highest BCUT2D eigenvalue weighted by Gasteiger charge is 2.49. The van der Waals surface area contributed by atoms with Crippen molar-refractivity contribution in [1.29, 1.82) is 0 Å². The lowest BCUT2D eigenvalue weighted by Gasteiger charge is -2.35. The van der Waals surface area contributed by atoms with Crippen molar-refractivity contribution in [2.24, 2.45) is 0 Å². The molecule has 0 aromatic carbocycles. The van der Waals surface area contributed by atoms with Crippen molar-refractivity contribution in [1.82, 2.24) is 20.2 Å².